The van der Waals surface area contributed by atoms with Crippen molar-refractivity contribution in [2.24, 2.45) is 0 Å². The molecular weight excluding hydrogens is 310 g/mol. The van der Waals surface area contributed by atoms with Crippen LogP contribution < -0.4 is 4.74 Å². The van der Waals surface area contributed by atoms with E-state index in [0.717, 1.165) is 37.1 Å². The van der Waals surface area contributed by atoms with Crippen LogP contribution in [0.1, 0.15) is 76.7 Å². The van der Waals surface area contributed by atoms with E-state index in [-0.39, 0.29) is 0 Å². The highest BCUT2D eigenvalue weighted by Crippen LogP contribution is 2.33. The second-order valence-electron chi connectivity index (χ2n) is 7.58. The van der Waals surface area contributed by atoms with Crippen molar-refractivity contribution >= 4 is 0 Å². The van der Waals surface area contributed by atoms with E-state index in [1.54, 1.807) is 7.11 Å². The van der Waals surface area contributed by atoms with Crippen molar-refractivity contribution in [2.45, 2.75) is 76.7 Å². The molecule has 1 N–H and O–H groups in total. The van der Waals surface area contributed by atoms with Crippen molar-refractivity contribution in [1.82, 2.24) is 4.90 Å². The molecule has 142 valence electrons. The summed E-state index contributed by atoms with van der Waals surface area (Å²) >= 11 is 0. The number of ether oxygens (including phenoxy) is 1. The van der Waals surface area contributed by atoms with E-state index < -0.39 is 5.60 Å². The maximum atomic E-state index is 11.5. The lowest BCUT2D eigenvalue weighted by Gasteiger charge is -2.33. The molecule has 1 unspecified atom stereocenters. The van der Waals surface area contributed by atoms with Gasteiger partial charge in [-0.3, -0.25) is 0 Å². The van der Waals surface area contributed by atoms with Crippen LogP contribution in [0, 0.1) is 0 Å². The summed E-state index contributed by atoms with van der Waals surface area (Å²) in [6, 6.07) is 8.03. The van der Waals surface area contributed by atoms with Gasteiger partial charge in [0.1, 0.15) is 5.75 Å². The average molecular weight is 348 g/mol. The first kappa shape index (κ1) is 20.3. The topological polar surface area (TPSA) is 32.7 Å². The second-order valence-corrected chi connectivity index (χ2v) is 7.58. The van der Waals surface area contributed by atoms with Gasteiger partial charge in [-0.05, 0) is 56.5 Å². The van der Waals surface area contributed by atoms with Crippen molar-refractivity contribution in [3.05, 3.63) is 29.8 Å². The molecule has 0 saturated carbocycles. The molecule has 25 heavy (non-hydrogen) atoms. The fourth-order valence-corrected chi connectivity index (χ4v) is 3.86. The van der Waals surface area contributed by atoms with Crippen molar-refractivity contribution in [1.29, 1.82) is 0 Å². The van der Waals surface area contributed by atoms with Gasteiger partial charge in [-0.25, -0.2) is 0 Å². The van der Waals surface area contributed by atoms with Crippen LogP contribution in [0.25, 0.3) is 0 Å². The van der Waals surface area contributed by atoms with Crippen molar-refractivity contribution in [3.8, 4) is 5.75 Å². The van der Waals surface area contributed by atoms with Crippen LogP contribution >= 0.6 is 0 Å². The molecule has 3 nitrogen and oxygen atoms in total. The van der Waals surface area contributed by atoms with E-state index >= 15 is 0 Å². The fraction of sp³-hybridized carbons (Fsp3) is 0.727. The zero-order valence-corrected chi connectivity index (χ0v) is 16.3. The Morgan fingerprint density at radius 1 is 0.960 bits per heavy atom. The molecule has 0 amide bonds. The molecule has 0 bridgehead atoms. The van der Waals surface area contributed by atoms with E-state index in [4.69, 9.17) is 4.74 Å². The van der Waals surface area contributed by atoms with E-state index in [2.05, 4.69) is 11.8 Å². The number of nitrogens with zero attached hydrogens (tertiary/aromatic N) is 1. The molecule has 1 aromatic rings. The SMILES string of the molecule is CCCCCCCC(O)(CCN1CCCCC1)c1ccc(OC)cc1. The number of methoxy groups -OCH3 is 1. The summed E-state index contributed by atoms with van der Waals surface area (Å²) in [7, 11) is 1.69. The molecule has 2 rings (SSSR count). The van der Waals surface area contributed by atoms with Gasteiger partial charge in [0.25, 0.3) is 0 Å². The zero-order valence-electron chi connectivity index (χ0n) is 16.3. The van der Waals surface area contributed by atoms with Crippen LogP contribution in [-0.2, 0) is 5.60 Å². The lowest BCUT2D eigenvalue weighted by molar-refractivity contribution is 0.00475. The third-order valence-corrected chi connectivity index (χ3v) is 5.61. The molecule has 3 heteroatoms. The van der Waals surface area contributed by atoms with Gasteiger partial charge in [-0.1, -0.05) is 57.6 Å². The van der Waals surface area contributed by atoms with Crippen molar-refractivity contribution in [2.75, 3.05) is 26.7 Å². The molecule has 0 aromatic heterocycles. The van der Waals surface area contributed by atoms with Crippen LogP contribution in [0.2, 0.25) is 0 Å². The molecular formula is C22H37NO2. The summed E-state index contributed by atoms with van der Waals surface area (Å²) in [4.78, 5) is 2.52. The zero-order chi connectivity index (χ0) is 18.0. The van der Waals surface area contributed by atoms with Gasteiger partial charge in [-0.15, -0.1) is 0 Å². The lowest BCUT2D eigenvalue weighted by Crippen LogP contribution is -2.36. The number of rotatable bonds is 11. The molecule has 1 aliphatic rings. The second kappa shape index (κ2) is 10.8. The molecule has 1 aliphatic heterocycles. The Balaban J connectivity index is 1.97. The Kier molecular flexibility index (Phi) is 8.77. The lowest BCUT2D eigenvalue weighted by atomic mass is 9.85. The third-order valence-electron chi connectivity index (χ3n) is 5.61. The first-order valence-electron chi connectivity index (χ1n) is 10.3. The minimum absolute atomic E-state index is 0.712. The van der Waals surface area contributed by atoms with Gasteiger partial charge in [-0.2, -0.15) is 0 Å². The number of unbranched alkanes of at least 4 members (excludes halogenated alkanes) is 4. The molecule has 0 spiro atoms. The van der Waals surface area contributed by atoms with Crippen LogP contribution in [0.5, 0.6) is 5.75 Å². The molecule has 0 radical (unpaired) electrons. The number of aliphatic hydroxyl groups is 1. The average Bonchev–Trinajstić information content (AvgIpc) is 2.67. The number of hydrogen-bond acceptors (Lipinski definition) is 3. The highest BCUT2D eigenvalue weighted by atomic mass is 16.5. The smallest absolute Gasteiger partial charge is 0.118 e. The van der Waals surface area contributed by atoms with Crippen LogP contribution in [0.15, 0.2) is 24.3 Å². The molecule has 1 heterocycles. The van der Waals surface area contributed by atoms with E-state index in [1.807, 2.05) is 24.3 Å². The summed E-state index contributed by atoms with van der Waals surface area (Å²) in [5.74, 6) is 0.852. The van der Waals surface area contributed by atoms with Gasteiger partial charge < -0.3 is 14.7 Å². The van der Waals surface area contributed by atoms with E-state index in [0.29, 0.717) is 0 Å². The minimum Gasteiger partial charge on any atom is -0.497 e. The highest BCUT2D eigenvalue weighted by molar-refractivity contribution is 5.30. The van der Waals surface area contributed by atoms with Crippen LogP contribution in [0.4, 0.5) is 0 Å². The predicted octanol–water partition coefficient (Wildman–Crippen LogP) is 5.12. The standard InChI is InChI=1S/C22H37NO2/c1-3-4-5-6-8-15-22(24,16-19-23-17-9-7-10-18-23)20-11-13-21(25-2)14-12-20/h11-14,24H,3-10,15-19H2,1-2H3. The number of benzene rings is 1. The molecule has 1 saturated heterocycles. The van der Waals surface area contributed by atoms with E-state index in [9.17, 15) is 5.11 Å². The van der Waals surface area contributed by atoms with Gasteiger partial charge in [0, 0.05) is 6.54 Å². The first-order chi connectivity index (χ1) is 12.2. The van der Waals surface area contributed by atoms with Crippen molar-refractivity contribution in [3.63, 3.8) is 0 Å². The van der Waals surface area contributed by atoms with Gasteiger partial charge in [0.15, 0.2) is 0 Å². The summed E-state index contributed by atoms with van der Waals surface area (Å²) < 4.78 is 5.27. The molecule has 0 aliphatic carbocycles. The van der Waals surface area contributed by atoms with E-state index in [1.165, 1.54) is 58.0 Å². The number of hydrogen-bond donors (Lipinski definition) is 1. The molecule has 1 fully saturated rings. The summed E-state index contributed by atoms with van der Waals surface area (Å²) in [6.45, 7) is 5.62. The normalized spacial score (nSPS) is 18.0. The molecule has 1 aromatic carbocycles. The highest BCUT2D eigenvalue weighted by Gasteiger charge is 2.29. The fourth-order valence-electron chi connectivity index (χ4n) is 3.86. The first-order valence-corrected chi connectivity index (χ1v) is 10.3. The van der Waals surface area contributed by atoms with Crippen molar-refractivity contribution < 1.29 is 9.84 Å². The van der Waals surface area contributed by atoms with Crippen LogP contribution in [0.3, 0.4) is 0 Å². The summed E-state index contributed by atoms with van der Waals surface area (Å²) in [6.07, 6.45) is 11.8. The maximum Gasteiger partial charge on any atom is 0.118 e. The predicted molar refractivity (Wildman–Crippen MR) is 105 cm³/mol. The quantitative estimate of drug-likeness (QED) is 0.564. The van der Waals surface area contributed by atoms with Gasteiger partial charge in [0.2, 0.25) is 0 Å². The van der Waals surface area contributed by atoms with Gasteiger partial charge >= 0.3 is 0 Å². The third kappa shape index (κ3) is 6.63. The van der Waals surface area contributed by atoms with Gasteiger partial charge in [0.05, 0.1) is 12.7 Å². The Labute approximate surface area is 154 Å². The molecule has 1 atom stereocenters. The number of likely N-dealkylation sites (tertiary alicyclic amines) is 1. The number of piperidine rings is 1. The minimum atomic E-state index is -0.712. The largest absolute Gasteiger partial charge is 0.497 e. The Morgan fingerprint density at radius 2 is 1.64 bits per heavy atom. The Morgan fingerprint density at radius 3 is 2.28 bits per heavy atom. The Hall–Kier alpha value is -1.06. The van der Waals surface area contributed by atoms with Crippen LogP contribution in [-0.4, -0.2) is 36.8 Å². The maximum absolute atomic E-state index is 11.5. The Bertz CT molecular complexity index is 467. The summed E-state index contributed by atoms with van der Waals surface area (Å²) in [5.41, 5.74) is 0.330. The monoisotopic (exact) mass is 347 g/mol. The summed E-state index contributed by atoms with van der Waals surface area (Å²) in [5, 5.41) is 11.5.